The predicted octanol–water partition coefficient (Wildman–Crippen LogP) is 3.59. The lowest BCUT2D eigenvalue weighted by atomic mass is 9.96. The second-order valence-electron chi connectivity index (χ2n) is 7.42. The number of fused-ring (bicyclic) bond motifs is 2. The van der Waals surface area contributed by atoms with Gasteiger partial charge >= 0.3 is 0 Å². The average molecular weight is 337 g/mol. The van der Waals surface area contributed by atoms with Crippen LogP contribution in [0.15, 0.2) is 17.0 Å². The molecule has 0 amide bonds. The molecule has 0 spiro atoms. The first kappa shape index (κ1) is 16.8. The van der Waals surface area contributed by atoms with Crippen LogP contribution in [0.2, 0.25) is 0 Å². The Kier molecular flexibility index (Phi) is 4.45. The molecule has 5 heteroatoms. The third-order valence-electron chi connectivity index (χ3n) is 5.48. The van der Waals surface area contributed by atoms with E-state index in [-0.39, 0.29) is 12.0 Å². The van der Waals surface area contributed by atoms with E-state index in [0.29, 0.717) is 10.8 Å². The standard InChI is InChI=1S/C18H27NO3S/c1-11(2)15-10-18(12(3)7-17(15)22-4)23(20,21)19-16-9-13-5-6-14(16)8-13/h7,10-11,13-14,16,19H,5-6,8-9H2,1-4H3/t13-,14-,16-/m0/s1. The Bertz CT molecular complexity index is 696. The molecule has 2 aliphatic rings. The van der Waals surface area contributed by atoms with Crippen molar-refractivity contribution >= 4 is 10.0 Å². The average Bonchev–Trinajstić information content (AvgIpc) is 3.08. The van der Waals surface area contributed by atoms with Crippen LogP contribution in [0.4, 0.5) is 0 Å². The zero-order valence-electron chi connectivity index (χ0n) is 14.4. The van der Waals surface area contributed by atoms with Gasteiger partial charge in [-0.3, -0.25) is 0 Å². The molecule has 1 aromatic rings. The van der Waals surface area contributed by atoms with Gasteiger partial charge in [0.2, 0.25) is 10.0 Å². The van der Waals surface area contributed by atoms with Crippen molar-refractivity contribution < 1.29 is 13.2 Å². The monoisotopic (exact) mass is 337 g/mol. The van der Waals surface area contributed by atoms with E-state index in [9.17, 15) is 8.42 Å². The molecule has 23 heavy (non-hydrogen) atoms. The number of nitrogens with one attached hydrogen (secondary N) is 1. The summed E-state index contributed by atoms with van der Waals surface area (Å²) in [4.78, 5) is 0.393. The van der Waals surface area contributed by atoms with Gasteiger partial charge in [0.15, 0.2) is 0 Å². The molecular formula is C18H27NO3S. The van der Waals surface area contributed by atoms with Crippen molar-refractivity contribution in [2.75, 3.05) is 7.11 Å². The van der Waals surface area contributed by atoms with E-state index in [2.05, 4.69) is 4.72 Å². The molecule has 0 heterocycles. The van der Waals surface area contributed by atoms with Gasteiger partial charge in [-0.05, 0) is 67.2 Å². The molecule has 2 bridgehead atoms. The third kappa shape index (κ3) is 3.13. The molecule has 3 rings (SSSR count). The lowest BCUT2D eigenvalue weighted by Gasteiger charge is -2.24. The van der Waals surface area contributed by atoms with Crippen molar-refractivity contribution in [3.05, 3.63) is 23.3 Å². The lowest BCUT2D eigenvalue weighted by molar-refractivity contribution is 0.390. The van der Waals surface area contributed by atoms with Crippen LogP contribution in [0.3, 0.4) is 0 Å². The lowest BCUT2D eigenvalue weighted by Crippen LogP contribution is -2.38. The SMILES string of the molecule is COc1cc(C)c(S(=O)(=O)N[C@H]2C[C@H]3CC[C@H]2C3)cc1C(C)C. The van der Waals surface area contributed by atoms with Crippen LogP contribution in [-0.2, 0) is 10.0 Å². The quantitative estimate of drug-likeness (QED) is 0.893. The zero-order valence-corrected chi connectivity index (χ0v) is 15.2. The molecule has 2 aliphatic carbocycles. The Balaban J connectivity index is 1.91. The van der Waals surface area contributed by atoms with Crippen LogP contribution < -0.4 is 9.46 Å². The number of aryl methyl sites for hydroxylation is 1. The number of hydrogen-bond acceptors (Lipinski definition) is 3. The summed E-state index contributed by atoms with van der Waals surface area (Å²) >= 11 is 0. The van der Waals surface area contributed by atoms with Gasteiger partial charge in [-0.2, -0.15) is 0 Å². The Hall–Kier alpha value is -1.07. The van der Waals surface area contributed by atoms with Crippen molar-refractivity contribution in [1.82, 2.24) is 4.72 Å². The van der Waals surface area contributed by atoms with Crippen molar-refractivity contribution in [3.8, 4) is 5.75 Å². The molecule has 128 valence electrons. The highest BCUT2D eigenvalue weighted by Crippen LogP contribution is 2.45. The van der Waals surface area contributed by atoms with Crippen LogP contribution in [0.5, 0.6) is 5.75 Å². The van der Waals surface area contributed by atoms with Gasteiger partial charge in [0.1, 0.15) is 5.75 Å². The summed E-state index contributed by atoms with van der Waals surface area (Å²) in [5.74, 6) is 2.21. The van der Waals surface area contributed by atoms with Crippen molar-refractivity contribution in [1.29, 1.82) is 0 Å². The zero-order chi connectivity index (χ0) is 16.8. The van der Waals surface area contributed by atoms with Gasteiger partial charge in [0.25, 0.3) is 0 Å². The van der Waals surface area contributed by atoms with Gasteiger partial charge < -0.3 is 4.74 Å². The van der Waals surface area contributed by atoms with E-state index < -0.39 is 10.0 Å². The largest absolute Gasteiger partial charge is 0.496 e. The van der Waals surface area contributed by atoms with E-state index in [0.717, 1.165) is 35.6 Å². The molecule has 3 atom stereocenters. The molecule has 0 unspecified atom stereocenters. The van der Waals surface area contributed by atoms with Crippen LogP contribution in [-0.4, -0.2) is 21.6 Å². The summed E-state index contributed by atoms with van der Waals surface area (Å²) in [5, 5.41) is 0. The number of sulfonamides is 1. The number of rotatable bonds is 5. The smallest absolute Gasteiger partial charge is 0.241 e. The van der Waals surface area contributed by atoms with Gasteiger partial charge in [0.05, 0.1) is 12.0 Å². The highest BCUT2D eigenvalue weighted by molar-refractivity contribution is 7.89. The summed E-state index contributed by atoms with van der Waals surface area (Å²) in [6.45, 7) is 5.93. The molecule has 0 radical (unpaired) electrons. The Morgan fingerprint density at radius 1 is 1.22 bits per heavy atom. The molecule has 1 N–H and O–H groups in total. The maximum atomic E-state index is 12.9. The van der Waals surface area contributed by atoms with Gasteiger partial charge in [-0.1, -0.05) is 20.3 Å². The molecular weight excluding hydrogens is 310 g/mol. The topological polar surface area (TPSA) is 55.4 Å². The second kappa shape index (κ2) is 6.10. The summed E-state index contributed by atoms with van der Waals surface area (Å²) in [7, 11) is -1.86. The van der Waals surface area contributed by atoms with Crippen LogP contribution in [0.25, 0.3) is 0 Å². The first-order chi connectivity index (χ1) is 10.8. The molecule has 0 saturated heterocycles. The molecule has 0 aliphatic heterocycles. The molecule has 1 aromatic carbocycles. The predicted molar refractivity (Wildman–Crippen MR) is 91.4 cm³/mol. The Labute approximate surface area is 139 Å². The summed E-state index contributed by atoms with van der Waals surface area (Å²) in [6.07, 6.45) is 4.61. The van der Waals surface area contributed by atoms with E-state index in [1.807, 2.05) is 26.8 Å². The van der Waals surface area contributed by atoms with E-state index in [1.165, 1.54) is 12.8 Å². The van der Waals surface area contributed by atoms with Crippen molar-refractivity contribution in [2.24, 2.45) is 11.8 Å². The van der Waals surface area contributed by atoms with Crippen molar-refractivity contribution in [2.45, 2.75) is 63.3 Å². The molecule has 2 fully saturated rings. The van der Waals surface area contributed by atoms with Crippen molar-refractivity contribution in [3.63, 3.8) is 0 Å². The number of benzene rings is 1. The molecule has 0 aromatic heterocycles. The van der Waals surface area contributed by atoms with Crippen LogP contribution in [0.1, 0.15) is 56.6 Å². The minimum Gasteiger partial charge on any atom is -0.496 e. The van der Waals surface area contributed by atoms with Crippen LogP contribution in [0, 0.1) is 18.8 Å². The normalized spacial score (nSPS) is 26.9. The van der Waals surface area contributed by atoms with Crippen LogP contribution >= 0.6 is 0 Å². The highest BCUT2D eigenvalue weighted by Gasteiger charge is 2.41. The first-order valence-electron chi connectivity index (χ1n) is 8.52. The minimum atomic E-state index is -3.48. The van der Waals surface area contributed by atoms with Gasteiger partial charge in [0, 0.05) is 6.04 Å². The Morgan fingerprint density at radius 2 is 1.96 bits per heavy atom. The fourth-order valence-electron chi connectivity index (χ4n) is 4.25. The highest BCUT2D eigenvalue weighted by atomic mass is 32.2. The third-order valence-corrected chi connectivity index (χ3v) is 7.12. The number of hydrogen-bond donors (Lipinski definition) is 1. The second-order valence-corrected chi connectivity index (χ2v) is 9.10. The fraction of sp³-hybridized carbons (Fsp3) is 0.667. The summed E-state index contributed by atoms with van der Waals surface area (Å²) in [5.41, 5.74) is 1.67. The molecule has 4 nitrogen and oxygen atoms in total. The number of ether oxygens (including phenoxy) is 1. The van der Waals surface area contributed by atoms with E-state index in [4.69, 9.17) is 4.74 Å². The minimum absolute atomic E-state index is 0.114. The summed E-state index contributed by atoms with van der Waals surface area (Å²) < 4.78 is 34.2. The maximum Gasteiger partial charge on any atom is 0.241 e. The summed E-state index contributed by atoms with van der Waals surface area (Å²) in [6, 6.07) is 3.74. The Morgan fingerprint density at radius 3 is 2.48 bits per heavy atom. The fourth-order valence-corrected chi connectivity index (χ4v) is 5.83. The molecule has 2 saturated carbocycles. The maximum absolute atomic E-state index is 12.9. The van der Waals surface area contributed by atoms with E-state index >= 15 is 0 Å². The van der Waals surface area contributed by atoms with Gasteiger partial charge in [-0.15, -0.1) is 0 Å². The van der Waals surface area contributed by atoms with Gasteiger partial charge in [-0.25, -0.2) is 13.1 Å². The number of methoxy groups -OCH3 is 1. The first-order valence-corrected chi connectivity index (χ1v) is 10.0. The van der Waals surface area contributed by atoms with E-state index in [1.54, 1.807) is 13.2 Å².